The number of carbonyl (C=O) groups is 1. The maximum atomic E-state index is 15.2. The molecule has 1 aliphatic rings. The van der Waals surface area contributed by atoms with Crippen LogP contribution in [0.5, 0.6) is 0 Å². The Bertz CT molecular complexity index is 1240. The topological polar surface area (TPSA) is 20.3 Å². The lowest BCUT2D eigenvalue weighted by Gasteiger charge is -2.29. The molecule has 3 heteroatoms. The highest BCUT2D eigenvalue weighted by Crippen LogP contribution is 2.38. The number of unbranched alkanes of at least 4 members (excludes halogenated alkanes) is 2. The molecule has 0 unspecified atom stereocenters. The summed E-state index contributed by atoms with van der Waals surface area (Å²) in [6, 6.07) is 22.3. The molecule has 0 aliphatic heterocycles. The largest absolute Gasteiger partial charge is 0.342 e. The summed E-state index contributed by atoms with van der Waals surface area (Å²) >= 11 is 0. The molecule has 1 aliphatic carbocycles. The van der Waals surface area contributed by atoms with Crippen LogP contribution in [0, 0.1) is 11.7 Å². The summed E-state index contributed by atoms with van der Waals surface area (Å²) in [6.45, 7) is 8.34. The van der Waals surface area contributed by atoms with E-state index in [1.54, 1.807) is 24.9 Å². The molecule has 39 heavy (non-hydrogen) atoms. The van der Waals surface area contributed by atoms with Crippen LogP contribution in [0.1, 0.15) is 82.3 Å². The minimum atomic E-state index is -0.211. The van der Waals surface area contributed by atoms with Crippen LogP contribution in [-0.2, 0) is 11.2 Å². The van der Waals surface area contributed by atoms with E-state index in [0.29, 0.717) is 23.6 Å². The number of likely N-dealkylation sites (N-methyl/N-ethyl adjacent to an activating group) is 1. The zero-order valence-corrected chi connectivity index (χ0v) is 24.0. The fourth-order valence-corrected chi connectivity index (χ4v) is 5.92. The van der Waals surface area contributed by atoms with Crippen LogP contribution in [0.2, 0.25) is 0 Å². The van der Waals surface area contributed by atoms with Gasteiger partial charge in [0.15, 0.2) is 0 Å². The van der Waals surface area contributed by atoms with Crippen LogP contribution in [-0.4, -0.2) is 24.4 Å². The Morgan fingerprint density at radius 1 is 0.897 bits per heavy atom. The first-order valence-electron chi connectivity index (χ1n) is 14.8. The Hall–Kier alpha value is -3.20. The van der Waals surface area contributed by atoms with Gasteiger partial charge in [-0.15, -0.1) is 0 Å². The summed E-state index contributed by atoms with van der Waals surface area (Å²) in [7, 11) is 1.79. The third kappa shape index (κ3) is 7.68. The summed E-state index contributed by atoms with van der Waals surface area (Å²) < 4.78 is 15.2. The van der Waals surface area contributed by atoms with Gasteiger partial charge in [0.05, 0.1) is 0 Å². The van der Waals surface area contributed by atoms with E-state index < -0.39 is 0 Å². The fraction of sp³-hybridized carbons (Fsp3) is 0.417. The van der Waals surface area contributed by atoms with Gasteiger partial charge in [-0.3, -0.25) is 4.79 Å². The van der Waals surface area contributed by atoms with Gasteiger partial charge < -0.3 is 4.90 Å². The lowest BCUT2D eigenvalue weighted by Crippen LogP contribution is -2.29. The molecule has 0 saturated heterocycles. The Kier molecular flexibility index (Phi) is 10.1. The highest BCUT2D eigenvalue weighted by Gasteiger charge is 2.22. The minimum Gasteiger partial charge on any atom is -0.342 e. The van der Waals surface area contributed by atoms with E-state index in [1.807, 2.05) is 36.4 Å². The third-order valence-corrected chi connectivity index (χ3v) is 8.46. The summed E-state index contributed by atoms with van der Waals surface area (Å²) in [4.78, 5) is 13.7. The quantitative estimate of drug-likeness (QED) is 0.180. The molecule has 0 aromatic heterocycles. The molecule has 3 aromatic rings. The number of amides is 1. The molecule has 0 bridgehead atoms. The Labute approximate surface area is 235 Å². The number of hydrogen-bond acceptors (Lipinski definition) is 1. The van der Waals surface area contributed by atoms with Crippen molar-refractivity contribution in [3.8, 4) is 22.3 Å². The molecule has 0 heterocycles. The van der Waals surface area contributed by atoms with E-state index in [9.17, 15) is 4.79 Å². The van der Waals surface area contributed by atoms with Crippen molar-refractivity contribution in [2.75, 3.05) is 13.6 Å². The summed E-state index contributed by atoms with van der Waals surface area (Å²) in [6.07, 6.45) is 11.5. The summed E-state index contributed by atoms with van der Waals surface area (Å²) in [5, 5.41) is 0. The standard InChI is InChI=1S/C36H44FNO/c1-5-6-7-8-27-9-13-29(14-10-27)30-17-19-31(20-18-30)33-21-22-34(35(37)25-33)32-15-11-28(12-16-32)23-24-38(4)36(39)26(2)3/h11-12,15-22,25,27,29H,2,5-10,13-14,23-24H2,1,3-4H3. The predicted octanol–water partition coefficient (Wildman–Crippen LogP) is 9.59. The molecule has 1 amide bonds. The molecule has 0 spiro atoms. The number of benzene rings is 3. The van der Waals surface area contributed by atoms with E-state index in [0.717, 1.165) is 34.6 Å². The van der Waals surface area contributed by atoms with Gasteiger partial charge in [-0.1, -0.05) is 99.8 Å². The summed E-state index contributed by atoms with van der Waals surface area (Å²) in [5.41, 5.74) is 6.51. The van der Waals surface area contributed by atoms with Crippen molar-refractivity contribution in [1.29, 1.82) is 0 Å². The zero-order chi connectivity index (χ0) is 27.8. The van der Waals surface area contributed by atoms with Gasteiger partial charge in [-0.25, -0.2) is 4.39 Å². The molecular formula is C36H44FNO. The smallest absolute Gasteiger partial charge is 0.248 e. The molecule has 4 rings (SSSR count). The number of carbonyl (C=O) groups excluding carboxylic acids is 1. The number of halogens is 1. The Morgan fingerprint density at radius 2 is 1.54 bits per heavy atom. The summed E-state index contributed by atoms with van der Waals surface area (Å²) in [5.74, 6) is 1.33. The predicted molar refractivity (Wildman–Crippen MR) is 162 cm³/mol. The van der Waals surface area contributed by atoms with Crippen LogP contribution in [0.15, 0.2) is 78.9 Å². The Balaban J connectivity index is 1.35. The second-order valence-electron chi connectivity index (χ2n) is 11.5. The van der Waals surface area contributed by atoms with Crippen LogP contribution in [0.25, 0.3) is 22.3 Å². The third-order valence-electron chi connectivity index (χ3n) is 8.46. The van der Waals surface area contributed by atoms with Crippen LogP contribution < -0.4 is 0 Å². The van der Waals surface area contributed by atoms with Gasteiger partial charge in [0.1, 0.15) is 5.82 Å². The maximum absolute atomic E-state index is 15.2. The van der Waals surface area contributed by atoms with Crippen molar-refractivity contribution < 1.29 is 9.18 Å². The van der Waals surface area contributed by atoms with Crippen LogP contribution in [0.3, 0.4) is 0 Å². The molecule has 0 N–H and O–H groups in total. The van der Waals surface area contributed by atoms with Crippen molar-refractivity contribution in [2.24, 2.45) is 5.92 Å². The van der Waals surface area contributed by atoms with Crippen LogP contribution in [0.4, 0.5) is 4.39 Å². The second-order valence-corrected chi connectivity index (χ2v) is 11.5. The van der Waals surface area contributed by atoms with Crippen molar-refractivity contribution in [3.05, 3.63) is 95.8 Å². The number of rotatable bonds is 11. The van der Waals surface area contributed by atoms with E-state index in [-0.39, 0.29) is 11.7 Å². The van der Waals surface area contributed by atoms with Gasteiger partial charge in [0.2, 0.25) is 5.91 Å². The highest BCUT2D eigenvalue weighted by atomic mass is 19.1. The monoisotopic (exact) mass is 525 g/mol. The first-order chi connectivity index (χ1) is 18.9. The molecule has 0 atom stereocenters. The Morgan fingerprint density at radius 3 is 2.15 bits per heavy atom. The first-order valence-corrected chi connectivity index (χ1v) is 14.8. The highest BCUT2D eigenvalue weighted by molar-refractivity contribution is 5.91. The molecule has 3 aromatic carbocycles. The van der Waals surface area contributed by atoms with Crippen molar-refractivity contribution in [2.45, 2.75) is 77.6 Å². The number of nitrogens with zero attached hydrogens (tertiary/aromatic N) is 1. The molecule has 206 valence electrons. The van der Waals surface area contributed by atoms with Gasteiger partial charge in [0.25, 0.3) is 0 Å². The lowest BCUT2D eigenvalue weighted by molar-refractivity contribution is -0.125. The SMILES string of the molecule is C=C(C)C(=O)N(C)CCc1ccc(-c2ccc(-c3ccc(C4CCC(CCCCC)CC4)cc3)cc2F)cc1. The fourth-order valence-electron chi connectivity index (χ4n) is 5.92. The van der Waals surface area contributed by atoms with Crippen molar-refractivity contribution in [3.63, 3.8) is 0 Å². The maximum Gasteiger partial charge on any atom is 0.248 e. The van der Waals surface area contributed by atoms with Gasteiger partial charge >= 0.3 is 0 Å². The van der Waals surface area contributed by atoms with E-state index in [4.69, 9.17) is 0 Å². The zero-order valence-electron chi connectivity index (χ0n) is 24.0. The molecule has 2 nitrogen and oxygen atoms in total. The van der Waals surface area contributed by atoms with Crippen LogP contribution >= 0.6 is 0 Å². The number of hydrogen-bond donors (Lipinski definition) is 0. The van der Waals surface area contributed by atoms with Gasteiger partial charge in [-0.05, 0) is 84.7 Å². The second kappa shape index (κ2) is 13.7. The van der Waals surface area contributed by atoms with E-state index in [2.05, 4.69) is 37.8 Å². The molecule has 1 saturated carbocycles. The average Bonchev–Trinajstić information content (AvgIpc) is 2.96. The molecular weight excluding hydrogens is 481 g/mol. The van der Waals surface area contributed by atoms with E-state index in [1.165, 1.54) is 56.9 Å². The molecule has 1 fully saturated rings. The average molecular weight is 526 g/mol. The normalized spacial score (nSPS) is 17.1. The molecule has 0 radical (unpaired) electrons. The van der Waals surface area contributed by atoms with Crippen molar-refractivity contribution in [1.82, 2.24) is 4.90 Å². The lowest BCUT2D eigenvalue weighted by atomic mass is 9.77. The minimum absolute atomic E-state index is 0.0382. The van der Waals surface area contributed by atoms with Crippen molar-refractivity contribution >= 4 is 5.91 Å². The van der Waals surface area contributed by atoms with Gasteiger partial charge in [0, 0.05) is 24.7 Å². The first kappa shape index (κ1) is 28.8. The van der Waals surface area contributed by atoms with Gasteiger partial charge in [-0.2, -0.15) is 0 Å². The van der Waals surface area contributed by atoms with E-state index >= 15 is 4.39 Å².